The predicted molar refractivity (Wildman–Crippen MR) is 134 cm³/mol. The Morgan fingerprint density at radius 1 is 1.22 bits per heavy atom. The van der Waals surface area contributed by atoms with Crippen LogP contribution in [0.2, 0.25) is 0 Å². The van der Waals surface area contributed by atoms with Gasteiger partial charge in [0.1, 0.15) is 0 Å². The molecule has 2 aromatic rings. The zero-order valence-corrected chi connectivity index (χ0v) is 20.1. The number of carbonyl (C=O) groups excluding carboxylic acids is 1. The highest BCUT2D eigenvalue weighted by Crippen LogP contribution is 2.27. The number of nitrogens with one attached hydrogen (secondary N) is 2. The fourth-order valence-electron chi connectivity index (χ4n) is 4.85. The molecule has 1 aliphatic heterocycles. The molecule has 5 nitrogen and oxygen atoms in total. The van der Waals surface area contributed by atoms with Crippen molar-refractivity contribution >= 4 is 28.7 Å². The van der Waals surface area contributed by atoms with E-state index in [2.05, 4.69) is 60.7 Å². The maximum atomic E-state index is 12.5. The van der Waals surface area contributed by atoms with Crippen molar-refractivity contribution in [2.45, 2.75) is 78.2 Å². The quantitative estimate of drug-likeness (QED) is 0.424. The van der Waals surface area contributed by atoms with Crippen LogP contribution in [0.5, 0.6) is 0 Å². The fraction of sp³-hybridized carbons (Fsp3) is 0.593. The minimum absolute atomic E-state index is 0.217. The van der Waals surface area contributed by atoms with E-state index in [0.29, 0.717) is 29.9 Å². The zero-order chi connectivity index (χ0) is 23.1. The first-order valence-corrected chi connectivity index (χ1v) is 12.4. The van der Waals surface area contributed by atoms with E-state index >= 15 is 0 Å². The van der Waals surface area contributed by atoms with Gasteiger partial charge in [-0.05, 0) is 73.1 Å². The topological polar surface area (TPSA) is 72.9 Å². The van der Waals surface area contributed by atoms with Gasteiger partial charge in [0.05, 0.1) is 5.92 Å². The molecule has 1 saturated heterocycles. The van der Waals surface area contributed by atoms with Crippen molar-refractivity contribution < 1.29 is 4.79 Å². The van der Waals surface area contributed by atoms with E-state index in [4.69, 9.17) is 10.8 Å². The number of aromatic nitrogens is 1. The van der Waals surface area contributed by atoms with Crippen molar-refractivity contribution in [2.75, 3.05) is 13.1 Å². The molecule has 0 aliphatic carbocycles. The highest BCUT2D eigenvalue weighted by atomic mass is 16.2. The minimum atomic E-state index is -0.217. The van der Waals surface area contributed by atoms with Gasteiger partial charge in [-0.3, -0.25) is 4.79 Å². The molecule has 32 heavy (non-hydrogen) atoms. The van der Waals surface area contributed by atoms with Crippen molar-refractivity contribution in [1.29, 1.82) is 10.8 Å². The van der Waals surface area contributed by atoms with Gasteiger partial charge in [-0.2, -0.15) is 0 Å². The maximum absolute atomic E-state index is 12.5. The van der Waals surface area contributed by atoms with E-state index in [0.717, 1.165) is 63.7 Å². The van der Waals surface area contributed by atoms with Crippen LogP contribution >= 0.6 is 0 Å². The number of rotatable bonds is 10. The lowest BCUT2D eigenvalue weighted by Crippen LogP contribution is -2.32. The third kappa shape index (κ3) is 6.08. The Balaban J connectivity index is 1.67. The van der Waals surface area contributed by atoms with Crippen molar-refractivity contribution in [2.24, 2.45) is 11.8 Å². The van der Waals surface area contributed by atoms with E-state index in [1.807, 2.05) is 0 Å². The number of amides is 1. The number of carbonyl (C=O) groups is 1. The number of fused-ring (bicyclic) bond motifs is 1. The van der Waals surface area contributed by atoms with E-state index in [-0.39, 0.29) is 5.92 Å². The van der Waals surface area contributed by atoms with E-state index in [1.165, 1.54) is 17.1 Å². The molecule has 2 unspecified atom stereocenters. The van der Waals surface area contributed by atoms with Gasteiger partial charge in [-0.25, -0.2) is 0 Å². The summed E-state index contributed by atoms with van der Waals surface area (Å²) in [4.78, 5) is 14.5. The van der Waals surface area contributed by atoms with Gasteiger partial charge >= 0.3 is 0 Å². The van der Waals surface area contributed by atoms with Gasteiger partial charge in [0.25, 0.3) is 0 Å². The van der Waals surface area contributed by atoms with Crippen LogP contribution in [0.1, 0.15) is 77.2 Å². The predicted octanol–water partition coefficient (Wildman–Crippen LogP) is 6.26. The summed E-state index contributed by atoms with van der Waals surface area (Å²) in [6, 6.07) is 8.56. The molecule has 174 valence electrons. The number of likely N-dealkylation sites (tertiary alicyclic amines) is 1. The first-order valence-electron chi connectivity index (χ1n) is 12.4. The molecule has 0 radical (unpaired) electrons. The molecule has 0 spiro atoms. The Kier molecular flexibility index (Phi) is 8.66. The molecular weight excluding hydrogens is 396 g/mol. The summed E-state index contributed by atoms with van der Waals surface area (Å²) in [5.41, 5.74) is 2.89. The van der Waals surface area contributed by atoms with Gasteiger partial charge < -0.3 is 20.3 Å². The maximum Gasteiger partial charge on any atom is 0.222 e. The molecule has 1 aromatic carbocycles. The smallest absolute Gasteiger partial charge is 0.222 e. The van der Waals surface area contributed by atoms with Gasteiger partial charge in [-0.1, -0.05) is 33.3 Å². The normalized spacial score (nSPS) is 18.0. The van der Waals surface area contributed by atoms with Crippen LogP contribution in [0.4, 0.5) is 0 Å². The zero-order valence-electron chi connectivity index (χ0n) is 20.1. The summed E-state index contributed by atoms with van der Waals surface area (Å²) in [6.07, 6.45) is 10.4. The molecule has 1 aromatic heterocycles. The van der Waals surface area contributed by atoms with Gasteiger partial charge in [0.2, 0.25) is 5.91 Å². The molecule has 2 N–H and O–H groups in total. The molecule has 2 atom stereocenters. The second kappa shape index (κ2) is 11.4. The molecule has 0 saturated carbocycles. The largest absolute Gasteiger partial charge is 0.347 e. The average molecular weight is 437 g/mol. The first-order chi connectivity index (χ1) is 15.4. The lowest BCUT2D eigenvalue weighted by molar-refractivity contribution is -0.131. The van der Waals surface area contributed by atoms with E-state index in [9.17, 15) is 4.79 Å². The number of nitrogens with zero attached hydrogens (tertiary/aromatic N) is 2. The molecule has 1 amide bonds. The van der Waals surface area contributed by atoms with Crippen LogP contribution in [0.15, 0.2) is 30.5 Å². The molecule has 1 fully saturated rings. The number of unbranched alkanes of at least 4 members (excludes halogenated alkanes) is 1. The van der Waals surface area contributed by atoms with E-state index in [1.54, 1.807) is 0 Å². The Morgan fingerprint density at radius 2 is 2.03 bits per heavy atom. The Labute approximate surface area is 193 Å². The lowest BCUT2D eigenvalue weighted by atomic mass is 9.91. The van der Waals surface area contributed by atoms with Crippen molar-refractivity contribution in [3.8, 4) is 0 Å². The third-order valence-corrected chi connectivity index (χ3v) is 6.73. The average Bonchev–Trinajstić information content (AvgIpc) is 3.00. The number of benzene rings is 1. The summed E-state index contributed by atoms with van der Waals surface area (Å²) in [5, 5.41) is 17.4. The minimum Gasteiger partial charge on any atom is -0.347 e. The van der Waals surface area contributed by atoms with Gasteiger partial charge in [0.15, 0.2) is 0 Å². The fourth-order valence-corrected chi connectivity index (χ4v) is 4.85. The van der Waals surface area contributed by atoms with Crippen LogP contribution in [-0.4, -0.2) is 40.4 Å². The van der Waals surface area contributed by atoms with Gasteiger partial charge in [-0.15, -0.1) is 0 Å². The molecule has 1 aliphatic rings. The second-order valence-corrected chi connectivity index (χ2v) is 9.84. The van der Waals surface area contributed by atoms with Crippen LogP contribution in [-0.2, 0) is 11.3 Å². The summed E-state index contributed by atoms with van der Waals surface area (Å²) in [5.74, 6) is 1.09. The lowest BCUT2D eigenvalue weighted by Gasteiger charge is -2.22. The number of hydrogen-bond acceptors (Lipinski definition) is 3. The highest BCUT2D eigenvalue weighted by Gasteiger charge is 2.22. The van der Waals surface area contributed by atoms with Crippen molar-refractivity contribution in [3.05, 3.63) is 36.0 Å². The molecular formula is C27H40N4O. The van der Waals surface area contributed by atoms with Gasteiger partial charge in [0, 0.05) is 49.7 Å². The van der Waals surface area contributed by atoms with Crippen LogP contribution < -0.4 is 0 Å². The van der Waals surface area contributed by atoms with Crippen LogP contribution in [0.25, 0.3) is 10.9 Å². The summed E-state index contributed by atoms with van der Waals surface area (Å²) >= 11 is 0. The monoisotopic (exact) mass is 436 g/mol. The molecule has 2 heterocycles. The Hall–Kier alpha value is -2.43. The summed E-state index contributed by atoms with van der Waals surface area (Å²) < 4.78 is 2.34. The molecule has 3 rings (SSSR count). The summed E-state index contributed by atoms with van der Waals surface area (Å²) in [6.45, 7) is 9.11. The summed E-state index contributed by atoms with van der Waals surface area (Å²) in [7, 11) is 0. The Morgan fingerprint density at radius 3 is 2.75 bits per heavy atom. The second-order valence-electron chi connectivity index (χ2n) is 9.84. The van der Waals surface area contributed by atoms with Crippen LogP contribution in [0, 0.1) is 22.7 Å². The Bertz CT molecular complexity index is 929. The third-order valence-electron chi connectivity index (χ3n) is 6.73. The SMILES string of the molecule is CCCCC(=N)C(C=N)c1ccc2c(ccn2CC2CCCN(C(=O)CC(C)C)CC2)c1. The first kappa shape index (κ1) is 24.2. The van der Waals surface area contributed by atoms with Crippen LogP contribution in [0.3, 0.4) is 0 Å². The highest BCUT2D eigenvalue weighted by molar-refractivity contribution is 6.02. The van der Waals surface area contributed by atoms with E-state index < -0.39 is 0 Å². The van der Waals surface area contributed by atoms with Crippen molar-refractivity contribution in [3.63, 3.8) is 0 Å². The molecule has 5 heteroatoms. The van der Waals surface area contributed by atoms with Crippen molar-refractivity contribution in [1.82, 2.24) is 9.47 Å². The molecule has 0 bridgehead atoms. The number of hydrogen-bond donors (Lipinski definition) is 2. The standard InChI is InChI=1S/C27H40N4O/c1-4-5-8-25(29)24(18-28)22-9-10-26-23(17-22)12-15-31(26)19-21-7-6-13-30(14-11-21)27(32)16-20(2)3/h9-10,12,15,17-18,20-21,24,28-29H,4-8,11,13-14,16,19H2,1-3H3.